The molecule has 1 rings (SSSR count). The van der Waals surface area contributed by atoms with Crippen LogP contribution in [0.15, 0.2) is 0 Å². The molecule has 2 atom stereocenters. The third kappa shape index (κ3) is 4.92. The van der Waals surface area contributed by atoms with Crippen LogP contribution in [0.2, 0.25) is 0 Å². The maximum absolute atomic E-state index is 11.2. The van der Waals surface area contributed by atoms with Crippen LogP contribution in [0, 0.1) is 0 Å². The third-order valence-corrected chi connectivity index (χ3v) is 3.72. The van der Waals surface area contributed by atoms with Crippen LogP contribution in [0.25, 0.3) is 0 Å². The molecule has 0 radical (unpaired) electrons. The highest BCUT2D eigenvalue weighted by Crippen LogP contribution is 2.13. The van der Waals surface area contributed by atoms with E-state index in [0.29, 0.717) is 23.6 Å². The van der Waals surface area contributed by atoms with Crippen molar-refractivity contribution in [2.24, 2.45) is 0 Å². The minimum atomic E-state index is -0.854. The van der Waals surface area contributed by atoms with Crippen molar-refractivity contribution in [2.45, 2.75) is 26.8 Å². The third-order valence-electron chi connectivity index (χ3n) is 2.75. The summed E-state index contributed by atoms with van der Waals surface area (Å²) in [4.78, 5) is 15.1. The number of hydrogen-bond acceptors (Lipinski definition) is 7. The molecule has 20 heavy (non-hydrogen) atoms. The van der Waals surface area contributed by atoms with Crippen molar-refractivity contribution < 1.29 is 4.21 Å². The van der Waals surface area contributed by atoms with Gasteiger partial charge in [0.25, 0.3) is 0 Å². The predicted molar refractivity (Wildman–Crippen MR) is 85.0 cm³/mol. The highest BCUT2D eigenvalue weighted by Gasteiger charge is 2.12. The molecule has 2 N–H and O–H groups in total. The van der Waals surface area contributed by atoms with E-state index >= 15 is 0 Å². The zero-order valence-electron chi connectivity index (χ0n) is 12.8. The van der Waals surface area contributed by atoms with Gasteiger partial charge in [-0.2, -0.15) is 15.0 Å². The van der Waals surface area contributed by atoms with Gasteiger partial charge in [-0.25, -0.2) is 0 Å². The minimum absolute atomic E-state index is 0.0393. The predicted octanol–water partition coefficient (Wildman–Crippen LogP) is 0.938. The second kappa shape index (κ2) is 7.98. The fraction of sp³-hybridized carbons (Fsp3) is 0.750. The molecule has 0 aliphatic carbocycles. The number of nitrogens with zero attached hydrogens (tertiary/aromatic N) is 4. The van der Waals surface area contributed by atoms with E-state index in [0.717, 1.165) is 13.1 Å². The van der Waals surface area contributed by atoms with E-state index in [4.69, 9.17) is 0 Å². The molecule has 0 saturated heterocycles. The number of anilines is 3. The van der Waals surface area contributed by atoms with E-state index in [-0.39, 0.29) is 6.04 Å². The van der Waals surface area contributed by atoms with E-state index in [2.05, 4.69) is 44.3 Å². The monoisotopic (exact) mass is 300 g/mol. The summed E-state index contributed by atoms with van der Waals surface area (Å²) in [7, 11) is 0.920. The van der Waals surface area contributed by atoms with Crippen LogP contribution in [0.1, 0.15) is 20.8 Å². The quantitative estimate of drug-likeness (QED) is 0.739. The fourth-order valence-electron chi connectivity index (χ4n) is 1.80. The first kappa shape index (κ1) is 16.6. The van der Waals surface area contributed by atoms with Crippen LogP contribution < -0.4 is 15.5 Å². The van der Waals surface area contributed by atoms with E-state index in [1.807, 2.05) is 6.92 Å². The minimum Gasteiger partial charge on any atom is -0.357 e. The van der Waals surface area contributed by atoms with Gasteiger partial charge in [0.15, 0.2) is 0 Å². The Balaban J connectivity index is 2.95. The Morgan fingerprint density at radius 2 is 1.80 bits per heavy atom. The van der Waals surface area contributed by atoms with Gasteiger partial charge >= 0.3 is 0 Å². The fourth-order valence-corrected chi connectivity index (χ4v) is 2.59. The van der Waals surface area contributed by atoms with Gasteiger partial charge in [-0.05, 0) is 20.8 Å². The van der Waals surface area contributed by atoms with Crippen LogP contribution in [0.3, 0.4) is 0 Å². The van der Waals surface area contributed by atoms with Gasteiger partial charge in [0.1, 0.15) is 0 Å². The average Bonchev–Trinajstić information content (AvgIpc) is 2.38. The van der Waals surface area contributed by atoms with Crippen LogP contribution in [0.5, 0.6) is 0 Å². The van der Waals surface area contributed by atoms with Crippen molar-refractivity contribution >= 4 is 28.6 Å². The van der Waals surface area contributed by atoms with Crippen molar-refractivity contribution in [3.05, 3.63) is 0 Å². The molecule has 0 aliphatic rings. The molecule has 0 bridgehead atoms. The SMILES string of the molecule is CCN(CC)c1nc(NC)nc(NC(C)CS(C)=O)n1. The lowest BCUT2D eigenvalue weighted by Crippen LogP contribution is -2.27. The summed E-state index contributed by atoms with van der Waals surface area (Å²) in [5.74, 6) is 2.22. The van der Waals surface area contributed by atoms with Gasteiger partial charge in [-0.3, -0.25) is 4.21 Å². The topological polar surface area (TPSA) is 83.0 Å². The molecule has 0 aromatic carbocycles. The van der Waals surface area contributed by atoms with Crippen molar-refractivity contribution in [1.82, 2.24) is 15.0 Å². The molecule has 1 aromatic heterocycles. The van der Waals surface area contributed by atoms with Gasteiger partial charge in [0.05, 0.1) is 0 Å². The second-order valence-corrected chi connectivity index (χ2v) is 5.97. The number of hydrogen-bond donors (Lipinski definition) is 2. The lowest BCUT2D eigenvalue weighted by atomic mass is 10.4. The molecular formula is C12H24N6OS. The molecule has 7 nitrogen and oxygen atoms in total. The van der Waals surface area contributed by atoms with Crippen LogP contribution in [0.4, 0.5) is 17.8 Å². The molecular weight excluding hydrogens is 276 g/mol. The zero-order chi connectivity index (χ0) is 15.1. The molecule has 114 valence electrons. The van der Waals surface area contributed by atoms with E-state index in [1.54, 1.807) is 13.3 Å². The molecule has 1 aromatic rings. The first-order valence-corrected chi connectivity index (χ1v) is 8.48. The van der Waals surface area contributed by atoms with E-state index in [9.17, 15) is 4.21 Å². The summed E-state index contributed by atoms with van der Waals surface area (Å²) >= 11 is 0. The average molecular weight is 300 g/mol. The van der Waals surface area contributed by atoms with Crippen molar-refractivity contribution in [1.29, 1.82) is 0 Å². The normalized spacial score (nSPS) is 13.7. The van der Waals surface area contributed by atoms with Gasteiger partial charge in [-0.15, -0.1) is 0 Å². The van der Waals surface area contributed by atoms with Crippen LogP contribution >= 0.6 is 0 Å². The Morgan fingerprint density at radius 3 is 2.30 bits per heavy atom. The molecule has 0 aliphatic heterocycles. The zero-order valence-corrected chi connectivity index (χ0v) is 13.6. The molecule has 0 amide bonds. The Kier molecular flexibility index (Phi) is 6.63. The Labute approximate surface area is 123 Å². The van der Waals surface area contributed by atoms with Gasteiger partial charge in [-0.1, -0.05) is 0 Å². The standard InChI is InChI=1S/C12H24N6OS/c1-6-18(7-2)12-16-10(13-4)15-11(17-12)14-9(3)8-20(5)19/h9H,6-8H2,1-5H3,(H2,13,14,15,16,17). The smallest absolute Gasteiger partial charge is 0.231 e. The molecule has 8 heteroatoms. The molecule has 0 spiro atoms. The first-order valence-electron chi connectivity index (χ1n) is 6.75. The van der Waals surface area contributed by atoms with Crippen molar-refractivity contribution in [3.63, 3.8) is 0 Å². The molecule has 2 unspecified atom stereocenters. The molecule has 0 fully saturated rings. The Hall–Kier alpha value is -1.44. The van der Waals surface area contributed by atoms with Crippen molar-refractivity contribution in [2.75, 3.05) is 47.7 Å². The highest BCUT2D eigenvalue weighted by atomic mass is 32.2. The Morgan fingerprint density at radius 1 is 1.20 bits per heavy atom. The molecule has 0 saturated carbocycles. The van der Waals surface area contributed by atoms with E-state index < -0.39 is 10.8 Å². The summed E-state index contributed by atoms with van der Waals surface area (Å²) < 4.78 is 11.2. The lowest BCUT2D eigenvalue weighted by molar-refractivity contribution is 0.682. The maximum atomic E-state index is 11.2. The second-order valence-electron chi connectivity index (χ2n) is 4.49. The van der Waals surface area contributed by atoms with E-state index in [1.165, 1.54) is 0 Å². The summed E-state index contributed by atoms with van der Waals surface area (Å²) in [6.45, 7) is 7.74. The summed E-state index contributed by atoms with van der Waals surface area (Å²) in [6, 6.07) is 0.0393. The van der Waals surface area contributed by atoms with Gasteiger partial charge in [0, 0.05) is 49.0 Å². The maximum Gasteiger partial charge on any atom is 0.231 e. The van der Waals surface area contributed by atoms with Crippen LogP contribution in [-0.2, 0) is 10.8 Å². The molecule has 1 heterocycles. The summed E-state index contributed by atoms with van der Waals surface area (Å²) in [5.41, 5.74) is 0. The number of rotatable bonds is 8. The van der Waals surface area contributed by atoms with Gasteiger partial charge in [0.2, 0.25) is 17.8 Å². The number of aromatic nitrogens is 3. The first-order chi connectivity index (χ1) is 9.49. The van der Waals surface area contributed by atoms with Crippen LogP contribution in [-0.4, -0.2) is 57.3 Å². The lowest BCUT2D eigenvalue weighted by Gasteiger charge is -2.20. The van der Waals surface area contributed by atoms with Gasteiger partial charge < -0.3 is 15.5 Å². The van der Waals surface area contributed by atoms with Crippen molar-refractivity contribution in [3.8, 4) is 0 Å². The largest absolute Gasteiger partial charge is 0.357 e. The number of nitrogens with one attached hydrogen (secondary N) is 2. The Bertz CT molecular complexity index is 452. The highest BCUT2D eigenvalue weighted by molar-refractivity contribution is 7.84. The summed E-state index contributed by atoms with van der Waals surface area (Å²) in [5, 5.41) is 6.11. The summed E-state index contributed by atoms with van der Waals surface area (Å²) in [6.07, 6.45) is 1.69.